The molecule has 3 rings (SSSR count). The fourth-order valence-corrected chi connectivity index (χ4v) is 2.90. The van der Waals surface area contributed by atoms with Crippen LogP contribution in [0.1, 0.15) is 21.7 Å². The van der Waals surface area contributed by atoms with E-state index in [0.717, 1.165) is 0 Å². The Bertz CT molecular complexity index is 1000. The van der Waals surface area contributed by atoms with Crippen molar-refractivity contribution in [2.75, 3.05) is 18.5 Å². The van der Waals surface area contributed by atoms with E-state index in [1.165, 1.54) is 35.4 Å². The third-order valence-electron chi connectivity index (χ3n) is 4.34. The van der Waals surface area contributed by atoms with Crippen LogP contribution in [0.4, 0.5) is 18.9 Å². The highest BCUT2D eigenvalue weighted by atomic mass is 19.4. The van der Waals surface area contributed by atoms with Gasteiger partial charge in [-0.05, 0) is 42.0 Å². The fourth-order valence-electron chi connectivity index (χ4n) is 2.90. The molecule has 0 aliphatic rings. The maximum absolute atomic E-state index is 13.0. The first-order chi connectivity index (χ1) is 15.3. The van der Waals surface area contributed by atoms with Gasteiger partial charge >= 0.3 is 6.18 Å². The first kappa shape index (κ1) is 23.1. The van der Waals surface area contributed by atoms with Crippen molar-refractivity contribution in [3.05, 3.63) is 89.9 Å². The van der Waals surface area contributed by atoms with Crippen molar-refractivity contribution in [3.63, 3.8) is 0 Å². The van der Waals surface area contributed by atoms with Crippen molar-refractivity contribution in [2.45, 2.75) is 19.3 Å². The van der Waals surface area contributed by atoms with Gasteiger partial charge in [0.15, 0.2) is 0 Å². The highest BCUT2D eigenvalue weighted by Gasteiger charge is 2.27. The molecule has 3 aromatic rings. The first-order valence-electron chi connectivity index (χ1n) is 9.70. The highest BCUT2D eigenvalue weighted by molar-refractivity contribution is 5.99. The summed E-state index contributed by atoms with van der Waals surface area (Å²) in [5.74, 6) is -0.302. The molecule has 0 bridgehead atoms. The molecule has 0 unspecified atom stereocenters. The van der Waals surface area contributed by atoms with E-state index in [4.69, 9.17) is 4.42 Å². The molecule has 2 aromatic carbocycles. The number of nitrogens with zero attached hydrogens (tertiary/aromatic N) is 1. The minimum absolute atomic E-state index is 0.0739. The molecule has 1 aromatic heterocycles. The Morgan fingerprint density at radius 1 is 0.969 bits per heavy atom. The van der Waals surface area contributed by atoms with E-state index in [1.54, 1.807) is 36.4 Å². The minimum Gasteiger partial charge on any atom is -0.467 e. The van der Waals surface area contributed by atoms with Crippen molar-refractivity contribution in [3.8, 4) is 0 Å². The summed E-state index contributed by atoms with van der Waals surface area (Å²) in [5, 5.41) is 2.73. The van der Waals surface area contributed by atoms with Crippen molar-refractivity contribution in [1.82, 2.24) is 4.90 Å². The number of para-hydroxylation sites is 1. The van der Waals surface area contributed by atoms with E-state index < -0.39 is 18.7 Å². The molecule has 32 heavy (non-hydrogen) atoms. The molecule has 0 saturated carbocycles. The monoisotopic (exact) mass is 446 g/mol. The van der Waals surface area contributed by atoms with Gasteiger partial charge in [0.25, 0.3) is 5.91 Å². The number of amides is 2. The standard InChI is InChI=1S/C23H21F3N2O4/c24-23(25,26)16-31-15-17-8-10-18(11-9-17)22(30)28(13-20-7-4-12-32-20)14-21(29)27-19-5-2-1-3-6-19/h1-12H,13-16H2,(H,27,29). The molecule has 0 radical (unpaired) electrons. The number of carbonyl (C=O) groups is 2. The molecule has 0 atom stereocenters. The van der Waals surface area contributed by atoms with Crippen LogP contribution >= 0.6 is 0 Å². The van der Waals surface area contributed by atoms with E-state index in [-0.39, 0.29) is 31.2 Å². The Hall–Kier alpha value is -3.59. The lowest BCUT2D eigenvalue weighted by atomic mass is 10.1. The van der Waals surface area contributed by atoms with Crippen LogP contribution in [-0.4, -0.2) is 36.0 Å². The maximum atomic E-state index is 13.0. The van der Waals surface area contributed by atoms with Crippen LogP contribution in [0.25, 0.3) is 0 Å². The summed E-state index contributed by atoms with van der Waals surface area (Å²) in [6.45, 7) is -1.72. The van der Waals surface area contributed by atoms with Crippen LogP contribution in [0.3, 0.4) is 0 Å². The van der Waals surface area contributed by atoms with E-state index >= 15 is 0 Å². The molecule has 0 aliphatic carbocycles. The molecule has 0 saturated heterocycles. The number of furan rings is 1. The summed E-state index contributed by atoms with van der Waals surface area (Å²) in [4.78, 5) is 26.9. The lowest BCUT2D eigenvalue weighted by Crippen LogP contribution is -2.37. The number of halogens is 3. The zero-order valence-electron chi connectivity index (χ0n) is 17.0. The van der Waals surface area contributed by atoms with Crippen molar-refractivity contribution in [2.24, 2.45) is 0 Å². The van der Waals surface area contributed by atoms with E-state index in [1.807, 2.05) is 6.07 Å². The van der Waals surface area contributed by atoms with Crippen LogP contribution in [0, 0.1) is 0 Å². The van der Waals surface area contributed by atoms with E-state index in [9.17, 15) is 22.8 Å². The molecule has 0 fully saturated rings. The minimum atomic E-state index is -4.40. The average Bonchev–Trinajstić information content (AvgIpc) is 3.26. The van der Waals surface area contributed by atoms with Gasteiger partial charge < -0.3 is 19.4 Å². The number of rotatable bonds is 9. The maximum Gasteiger partial charge on any atom is 0.411 e. The van der Waals surface area contributed by atoms with Crippen molar-refractivity contribution >= 4 is 17.5 Å². The van der Waals surface area contributed by atoms with Gasteiger partial charge in [-0.3, -0.25) is 9.59 Å². The summed E-state index contributed by atoms with van der Waals surface area (Å²) in [6.07, 6.45) is -2.93. The summed E-state index contributed by atoms with van der Waals surface area (Å²) in [6, 6.07) is 18.2. The average molecular weight is 446 g/mol. The second-order valence-electron chi connectivity index (χ2n) is 6.96. The summed E-state index contributed by atoms with van der Waals surface area (Å²) >= 11 is 0. The van der Waals surface area contributed by atoms with Gasteiger partial charge in [0.1, 0.15) is 18.9 Å². The molecule has 2 amide bonds. The number of anilines is 1. The van der Waals surface area contributed by atoms with Crippen molar-refractivity contribution in [1.29, 1.82) is 0 Å². The van der Waals surface area contributed by atoms with Crippen LogP contribution in [0.15, 0.2) is 77.4 Å². The molecule has 168 valence electrons. The van der Waals surface area contributed by atoms with E-state index in [0.29, 0.717) is 17.0 Å². The smallest absolute Gasteiger partial charge is 0.411 e. The Kier molecular flexibility index (Phi) is 7.67. The lowest BCUT2D eigenvalue weighted by Gasteiger charge is -2.21. The largest absolute Gasteiger partial charge is 0.467 e. The van der Waals surface area contributed by atoms with Gasteiger partial charge in [-0.25, -0.2) is 0 Å². The third-order valence-corrected chi connectivity index (χ3v) is 4.34. The summed E-state index contributed by atoms with van der Waals surface area (Å²) < 4.78 is 46.5. The SMILES string of the molecule is O=C(CN(Cc1ccco1)C(=O)c1ccc(COCC(F)(F)F)cc1)Nc1ccccc1. The molecule has 9 heteroatoms. The molecule has 0 aliphatic heterocycles. The highest BCUT2D eigenvalue weighted by Crippen LogP contribution is 2.17. The molecule has 6 nitrogen and oxygen atoms in total. The number of ether oxygens (including phenoxy) is 1. The zero-order chi connectivity index (χ0) is 23.0. The number of hydrogen-bond donors (Lipinski definition) is 1. The second-order valence-corrected chi connectivity index (χ2v) is 6.96. The quantitative estimate of drug-likeness (QED) is 0.520. The lowest BCUT2D eigenvalue weighted by molar-refractivity contribution is -0.176. The van der Waals surface area contributed by atoms with Gasteiger partial charge in [-0.2, -0.15) is 13.2 Å². The number of alkyl halides is 3. The van der Waals surface area contributed by atoms with Gasteiger partial charge in [0, 0.05) is 11.3 Å². The number of benzene rings is 2. The van der Waals surface area contributed by atoms with Gasteiger partial charge in [-0.1, -0.05) is 30.3 Å². The molecule has 0 spiro atoms. The number of hydrogen-bond acceptors (Lipinski definition) is 4. The van der Waals surface area contributed by atoms with Crippen LogP contribution in [-0.2, 0) is 22.7 Å². The topological polar surface area (TPSA) is 71.8 Å². The normalized spacial score (nSPS) is 11.2. The Labute approximate surface area is 182 Å². The predicted molar refractivity (Wildman–Crippen MR) is 111 cm³/mol. The van der Waals surface area contributed by atoms with Crippen molar-refractivity contribution < 1.29 is 31.9 Å². The van der Waals surface area contributed by atoms with Gasteiger partial charge in [0.2, 0.25) is 5.91 Å². The van der Waals surface area contributed by atoms with Crippen LogP contribution in [0.5, 0.6) is 0 Å². The Balaban J connectivity index is 1.67. The second kappa shape index (κ2) is 10.6. The summed E-state index contributed by atoms with van der Waals surface area (Å²) in [5.41, 5.74) is 1.37. The third kappa shape index (κ3) is 7.28. The summed E-state index contributed by atoms with van der Waals surface area (Å²) in [7, 11) is 0. The molecule has 1 heterocycles. The first-order valence-corrected chi connectivity index (χ1v) is 9.70. The molecule has 1 N–H and O–H groups in total. The fraction of sp³-hybridized carbons (Fsp3) is 0.217. The molecular formula is C23H21F3N2O4. The Morgan fingerprint density at radius 3 is 2.31 bits per heavy atom. The van der Waals surface area contributed by atoms with Gasteiger partial charge in [-0.15, -0.1) is 0 Å². The number of nitrogens with one attached hydrogen (secondary N) is 1. The zero-order valence-corrected chi connectivity index (χ0v) is 17.0. The van der Waals surface area contributed by atoms with E-state index in [2.05, 4.69) is 10.1 Å². The number of carbonyl (C=O) groups excluding carboxylic acids is 2. The van der Waals surface area contributed by atoms with Gasteiger partial charge in [0.05, 0.1) is 19.4 Å². The Morgan fingerprint density at radius 2 is 1.69 bits per heavy atom. The molecular weight excluding hydrogens is 425 g/mol. The van der Waals surface area contributed by atoms with Crippen LogP contribution < -0.4 is 5.32 Å². The van der Waals surface area contributed by atoms with Crippen LogP contribution in [0.2, 0.25) is 0 Å². The predicted octanol–water partition coefficient (Wildman–Crippen LogP) is 4.64.